The average molecular weight is 382 g/mol. The molecule has 0 saturated carbocycles. The zero-order valence-electron chi connectivity index (χ0n) is 14.8. The first-order valence-electron chi connectivity index (χ1n) is 7.85. The van der Waals surface area contributed by atoms with E-state index in [-0.39, 0.29) is 10.5 Å². The minimum atomic E-state index is -1.73. The maximum Gasteiger partial charge on any atom is 0.192 e. The fourth-order valence-corrected chi connectivity index (χ4v) is 3.82. The van der Waals surface area contributed by atoms with E-state index in [1.807, 2.05) is 0 Å². The van der Waals surface area contributed by atoms with Crippen LogP contribution in [0.1, 0.15) is 40.2 Å². The van der Waals surface area contributed by atoms with E-state index < -0.39 is 8.32 Å². The smallest absolute Gasteiger partial charge is 0.192 e. The molecule has 0 bridgehead atoms. The Kier molecular flexibility index (Phi) is 4.69. The van der Waals surface area contributed by atoms with Crippen molar-refractivity contribution in [2.24, 2.45) is 0 Å². The molecule has 4 heteroatoms. The molecule has 0 aliphatic carbocycles. The van der Waals surface area contributed by atoms with Gasteiger partial charge in [-0.3, -0.25) is 0 Å². The molecule has 0 radical (unpaired) electrons. The third-order valence-electron chi connectivity index (χ3n) is 4.97. The fourth-order valence-electron chi connectivity index (χ4n) is 2.31. The summed E-state index contributed by atoms with van der Waals surface area (Å²) in [6.07, 6.45) is 2.13. The Bertz CT molecular complexity index is 667. The zero-order chi connectivity index (χ0) is 16.8. The fraction of sp³-hybridized carbons (Fsp3) is 0.556. The van der Waals surface area contributed by atoms with E-state index in [1.54, 1.807) is 0 Å². The molecule has 2 nitrogen and oxygen atoms in total. The Morgan fingerprint density at radius 3 is 2.36 bits per heavy atom. The summed E-state index contributed by atoms with van der Waals surface area (Å²) in [5.74, 6) is 0. The van der Waals surface area contributed by atoms with Crippen molar-refractivity contribution in [3.05, 3.63) is 34.4 Å². The van der Waals surface area contributed by atoms with Gasteiger partial charge in [-0.15, -0.1) is 0 Å². The van der Waals surface area contributed by atoms with E-state index in [4.69, 9.17) is 4.43 Å². The molecule has 1 heterocycles. The van der Waals surface area contributed by atoms with Crippen LogP contribution in [0.2, 0.25) is 18.1 Å². The lowest BCUT2D eigenvalue weighted by molar-refractivity contribution is 0.221. The number of halogens is 1. The van der Waals surface area contributed by atoms with Gasteiger partial charge in [0.25, 0.3) is 0 Å². The van der Waals surface area contributed by atoms with Gasteiger partial charge in [-0.25, -0.2) is 0 Å². The molecule has 0 fully saturated rings. The van der Waals surface area contributed by atoms with Gasteiger partial charge >= 0.3 is 0 Å². The topological polar surface area (TPSA) is 25.0 Å². The molecular formula is C18H28BrNOSi. The summed E-state index contributed by atoms with van der Waals surface area (Å²) in [4.78, 5) is 3.38. The normalized spacial score (nSPS) is 13.8. The number of fused-ring (bicyclic) bond motifs is 1. The average Bonchev–Trinajstić information content (AvgIpc) is 2.79. The quantitative estimate of drug-likeness (QED) is 0.623. The van der Waals surface area contributed by atoms with E-state index in [2.05, 4.69) is 93.0 Å². The molecule has 0 spiro atoms. The number of H-pyrrole nitrogens is 1. The van der Waals surface area contributed by atoms with Crippen molar-refractivity contribution in [3.8, 4) is 0 Å². The molecule has 0 atom stereocenters. The van der Waals surface area contributed by atoms with E-state index >= 15 is 0 Å². The standard InChI is InChI=1S/C18H28BrNOSi/c1-17(2,3)22(6,7)21-12-18(4,5)15-11-20-16-9-8-13(19)10-14(15)16/h8-11,20H,12H2,1-7H3. The first kappa shape index (κ1) is 17.8. The number of nitrogens with one attached hydrogen (secondary N) is 1. The van der Waals surface area contributed by atoms with Crippen molar-refractivity contribution in [2.75, 3.05) is 6.61 Å². The summed E-state index contributed by atoms with van der Waals surface area (Å²) in [5, 5.41) is 1.52. The van der Waals surface area contributed by atoms with Crippen molar-refractivity contribution >= 4 is 35.2 Å². The van der Waals surface area contributed by atoms with Gasteiger partial charge in [0.2, 0.25) is 0 Å². The van der Waals surface area contributed by atoms with Crippen LogP contribution in [0.15, 0.2) is 28.9 Å². The molecule has 22 heavy (non-hydrogen) atoms. The van der Waals surface area contributed by atoms with Crippen LogP contribution in [-0.2, 0) is 9.84 Å². The molecule has 2 aromatic rings. The first-order valence-corrected chi connectivity index (χ1v) is 11.6. The maximum atomic E-state index is 6.47. The molecule has 1 aromatic heterocycles. The highest BCUT2D eigenvalue weighted by molar-refractivity contribution is 9.10. The molecule has 1 aromatic carbocycles. The van der Waals surface area contributed by atoms with E-state index in [0.717, 1.165) is 11.1 Å². The molecule has 1 N–H and O–H groups in total. The van der Waals surface area contributed by atoms with Crippen LogP contribution in [0.3, 0.4) is 0 Å². The van der Waals surface area contributed by atoms with Crippen molar-refractivity contribution in [1.29, 1.82) is 0 Å². The van der Waals surface area contributed by atoms with Gasteiger partial charge in [0.15, 0.2) is 8.32 Å². The van der Waals surface area contributed by atoms with Crippen LogP contribution < -0.4 is 0 Å². The minimum absolute atomic E-state index is 0.0193. The molecular weight excluding hydrogens is 354 g/mol. The van der Waals surface area contributed by atoms with Gasteiger partial charge in [0.05, 0.1) is 0 Å². The first-order chi connectivity index (χ1) is 9.94. The Morgan fingerprint density at radius 1 is 1.14 bits per heavy atom. The van der Waals surface area contributed by atoms with Gasteiger partial charge in [-0.2, -0.15) is 0 Å². The van der Waals surface area contributed by atoms with Crippen LogP contribution in [-0.4, -0.2) is 19.9 Å². The second-order valence-corrected chi connectivity index (χ2v) is 14.1. The largest absolute Gasteiger partial charge is 0.416 e. The predicted molar refractivity (Wildman–Crippen MR) is 102 cm³/mol. The predicted octanol–water partition coefficient (Wildman–Crippen LogP) is 6.23. The monoisotopic (exact) mass is 381 g/mol. The van der Waals surface area contributed by atoms with Gasteiger partial charge < -0.3 is 9.41 Å². The highest BCUT2D eigenvalue weighted by atomic mass is 79.9. The SMILES string of the molecule is CC(C)(CO[Si](C)(C)C(C)(C)C)c1c[nH]c2ccc(Br)cc12. The lowest BCUT2D eigenvalue weighted by Gasteiger charge is -2.39. The Balaban J connectivity index is 2.28. The van der Waals surface area contributed by atoms with Crippen molar-refractivity contribution in [2.45, 2.75) is 58.2 Å². The van der Waals surface area contributed by atoms with Crippen LogP contribution >= 0.6 is 15.9 Å². The molecule has 0 aliphatic rings. The molecule has 122 valence electrons. The van der Waals surface area contributed by atoms with Crippen molar-refractivity contribution < 1.29 is 4.43 Å². The molecule has 0 unspecified atom stereocenters. The number of rotatable bonds is 4. The summed E-state index contributed by atoms with van der Waals surface area (Å²) in [6.45, 7) is 16.8. The second kappa shape index (κ2) is 5.80. The van der Waals surface area contributed by atoms with Crippen molar-refractivity contribution in [1.82, 2.24) is 4.98 Å². The second-order valence-electron chi connectivity index (χ2n) is 8.33. The van der Waals surface area contributed by atoms with E-state index in [9.17, 15) is 0 Å². The summed E-state index contributed by atoms with van der Waals surface area (Å²) in [6, 6.07) is 6.38. The molecule has 0 aliphatic heterocycles. The van der Waals surface area contributed by atoms with Gasteiger partial charge in [0, 0.05) is 33.6 Å². The van der Waals surface area contributed by atoms with Gasteiger partial charge in [-0.05, 0) is 41.9 Å². The van der Waals surface area contributed by atoms with Crippen molar-refractivity contribution in [3.63, 3.8) is 0 Å². The summed E-state index contributed by atoms with van der Waals surface area (Å²) < 4.78 is 7.59. The number of hydrogen-bond donors (Lipinski definition) is 1. The van der Waals surface area contributed by atoms with Gasteiger partial charge in [0.1, 0.15) is 0 Å². The minimum Gasteiger partial charge on any atom is -0.416 e. The lowest BCUT2D eigenvalue weighted by atomic mass is 9.85. The maximum absolute atomic E-state index is 6.47. The van der Waals surface area contributed by atoms with E-state index in [0.29, 0.717) is 0 Å². The third kappa shape index (κ3) is 3.49. The van der Waals surface area contributed by atoms with Crippen LogP contribution in [0.25, 0.3) is 10.9 Å². The highest BCUT2D eigenvalue weighted by Gasteiger charge is 2.39. The number of aromatic nitrogens is 1. The molecule has 0 amide bonds. The van der Waals surface area contributed by atoms with Gasteiger partial charge in [-0.1, -0.05) is 50.5 Å². The van der Waals surface area contributed by atoms with Crippen LogP contribution in [0.4, 0.5) is 0 Å². The van der Waals surface area contributed by atoms with Crippen LogP contribution in [0, 0.1) is 0 Å². The number of aromatic amines is 1. The Labute approximate surface area is 143 Å². The number of hydrogen-bond acceptors (Lipinski definition) is 1. The lowest BCUT2D eigenvalue weighted by Crippen LogP contribution is -2.43. The summed E-state index contributed by atoms with van der Waals surface area (Å²) in [5.41, 5.74) is 2.48. The van der Waals surface area contributed by atoms with E-state index in [1.165, 1.54) is 16.5 Å². The highest BCUT2D eigenvalue weighted by Crippen LogP contribution is 2.39. The zero-order valence-corrected chi connectivity index (χ0v) is 17.4. The molecule has 2 rings (SSSR count). The number of benzene rings is 1. The molecule has 0 saturated heterocycles. The Hall–Kier alpha value is -0.583. The van der Waals surface area contributed by atoms with Crippen LogP contribution in [0.5, 0.6) is 0 Å². The third-order valence-corrected chi connectivity index (χ3v) is 9.94. The Morgan fingerprint density at radius 2 is 1.77 bits per heavy atom. The summed E-state index contributed by atoms with van der Waals surface area (Å²) >= 11 is 3.58. The summed E-state index contributed by atoms with van der Waals surface area (Å²) in [7, 11) is -1.73.